The van der Waals surface area contributed by atoms with Gasteiger partial charge in [-0.05, 0) is 23.8 Å². The normalized spacial score (nSPS) is 12.6. The summed E-state index contributed by atoms with van der Waals surface area (Å²) in [4.78, 5) is 18.9. The van der Waals surface area contributed by atoms with Crippen LogP contribution in [0.4, 0.5) is 0 Å². The number of aromatic nitrogens is 1. The summed E-state index contributed by atoms with van der Waals surface area (Å²) in [5.74, 6) is 1.48. The van der Waals surface area contributed by atoms with Crippen LogP contribution in [0.2, 0.25) is 5.02 Å². The molecule has 28 heavy (non-hydrogen) atoms. The Balaban J connectivity index is 1.40. The van der Waals surface area contributed by atoms with Crippen LogP contribution in [0.1, 0.15) is 11.3 Å². The first kappa shape index (κ1) is 18.8. The topological polar surface area (TPSA) is 51.7 Å². The van der Waals surface area contributed by atoms with Crippen LogP contribution in [-0.2, 0) is 17.8 Å². The molecule has 2 aromatic carbocycles. The van der Waals surface area contributed by atoms with Gasteiger partial charge in [-0.2, -0.15) is 0 Å². The molecular formula is C21H19ClN2O3S. The molecular weight excluding hydrogens is 396 g/mol. The van der Waals surface area contributed by atoms with Crippen molar-refractivity contribution in [1.29, 1.82) is 0 Å². The maximum absolute atomic E-state index is 12.6. The van der Waals surface area contributed by atoms with Gasteiger partial charge in [0.1, 0.15) is 18.2 Å². The molecule has 0 aliphatic carbocycles. The van der Waals surface area contributed by atoms with Crippen LogP contribution in [-0.4, -0.2) is 36.1 Å². The molecule has 0 spiro atoms. The zero-order valence-corrected chi connectivity index (χ0v) is 16.9. The lowest BCUT2D eigenvalue weighted by atomic mass is 10.1. The Bertz CT molecular complexity index is 1000. The van der Waals surface area contributed by atoms with Crippen molar-refractivity contribution >= 4 is 28.8 Å². The molecule has 1 amide bonds. The van der Waals surface area contributed by atoms with Crippen LogP contribution in [0, 0.1) is 0 Å². The minimum atomic E-state index is 0.00546. The number of amides is 1. The predicted molar refractivity (Wildman–Crippen MR) is 110 cm³/mol. The summed E-state index contributed by atoms with van der Waals surface area (Å²) in [6, 6.07) is 13.3. The van der Waals surface area contributed by atoms with Gasteiger partial charge in [0.25, 0.3) is 0 Å². The molecule has 0 fully saturated rings. The first-order valence-electron chi connectivity index (χ1n) is 8.92. The number of hydrogen-bond acceptors (Lipinski definition) is 5. The molecule has 1 aliphatic rings. The molecule has 5 nitrogen and oxygen atoms in total. The summed E-state index contributed by atoms with van der Waals surface area (Å²) in [6.07, 6.45) is 0.252. The second-order valence-corrected chi connectivity index (χ2v) is 7.79. The number of nitrogens with zero attached hydrogens (tertiary/aromatic N) is 2. The van der Waals surface area contributed by atoms with Gasteiger partial charge in [-0.3, -0.25) is 4.79 Å². The highest BCUT2D eigenvalue weighted by Crippen LogP contribution is 2.32. The molecule has 7 heteroatoms. The molecule has 0 unspecified atom stereocenters. The van der Waals surface area contributed by atoms with Gasteiger partial charge in [0.05, 0.1) is 17.1 Å². The first-order chi connectivity index (χ1) is 13.6. The SMILES string of the molecule is CN(Cc1ccc2c(c1)OCCO2)C(=O)Cc1csc(-c2ccccc2Cl)n1. The van der Waals surface area contributed by atoms with Gasteiger partial charge in [-0.15, -0.1) is 11.3 Å². The van der Waals surface area contributed by atoms with Crippen molar-refractivity contribution in [2.45, 2.75) is 13.0 Å². The number of benzene rings is 2. The van der Waals surface area contributed by atoms with Crippen LogP contribution < -0.4 is 9.47 Å². The number of likely N-dealkylation sites (N-methyl/N-ethyl adjacent to an activating group) is 1. The lowest BCUT2D eigenvalue weighted by Crippen LogP contribution is -2.28. The van der Waals surface area contributed by atoms with Crippen molar-refractivity contribution in [2.24, 2.45) is 0 Å². The van der Waals surface area contributed by atoms with Crippen molar-refractivity contribution in [2.75, 3.05) is 20.3 Å². The number of thiazole rings is 1. The Morgan fingerprint density at radius 1 is 1.18 bits per heavy atom. The largest absolute Gasteiger partial charge is 0.486 e. The third-order valence-corrected chi connectivity index (χ3v) is 5.69. The van der Waals surface area contributed by atoms with Gasteiger partial charge >= 0.3 is 0 Å². The molecule has 1 aliphatic heterocycles. The molecule has 0 bridgehead atoms. The van der Waals surface area contributed by atoms with E-state index in [0.717, 1.165) is 33.3 Å². The highest BCUT2D eigenvalue weighted by Gasteiger charge is 2.16. The highest BCUT2D eigenvalue weighted by molar-refractivity contribution is 7.13. The quantitative estimate of drug-likeness (QED) is 0.619. The van der Waals surface area contributed by atoms with Crippen molar-refractivity contribution in [3.63, 3.8) is 0 Å². The molecule has 0 N–H and O–H groups in total. The third kappa shape index (κ3) is 4.13. The molecule has 3 aromatic rings. The molecule has 1 aromatic heterocycles. The van der Waals surface area contributed by atoms with Gasteiger partial charge < -0.3 is 14.4 Å². The van der Waals surface area contributed by atoms with Crippen molar-refractivity contribution < 1.29 is 14.3 Å². The predicted octanol–water partition coefficient (Wildman–Crippen LogP) is 4.44. The fourth-order valence-corrected chi connectivity index (χ4v) is 4.12. The Hall–Kier alpha value is -2.57. The Morgan fingerprint density at radius 3 is 2.79 bits per heavy atom. The number of carbonyl (C=O) groups is 1. The molecule has 2 heterocycles. The summed E-state index contributed by atoms with van der Waals surface area (Å²) < 4.78 is 11.1. The van der Waals surface area contributed by atoms with Gasteiger partial charge in [-0.1, -0.05) is 35.9 Å². The lowest BCUT2D eigenvalue weighted by molar-refractivity contribution is -0.129. The Kier molecular flexibility index (Phi) is 5.50. The summed E-state index contributed by atoms with van der Waals surface area (Å²) in [6.45, 7) is 1.61. The fourth-order valence-electron chi connectivity index (χ4n) is 2.98. The monoisotopic (exact) mass is 414 g/mol. The first-order valence-corrected chi connectivity index (χ1v) is 10.2. The van der Waals surface area contributed by atoms with E-state index in [1.807, 2.05) is 47.8 Å². The smallest absolute Gasteiger partial charge is 0.228 e. The summed E-state index contributed by atoms with van der Waals surface area (Å²) >= 11 is 7.73. The van der Waals surface area contributed by atoms with Gasteiger partial charge in [0.15, 0.2) is 11.5 Å². The number of rotatable bonds is 5. The Labute approximate surface area is 172 Å². The van der Waals surface area contributed by atoms with Crippen LogP contribution in [0.15, 0.2) is 47.8 Å². The maximum Gasteiger partial charge on any atom is 0.228 e. The molecule has 0 saturated heterocycles. The van der Waals surface area contributed by atoms with Gasteiger partial charge in [0.2, 0.25) is 5.91 Å². The average molecular weight is 415 g/mol. The van der Waals surface area contributed by atoms with Crippen LogP contribution >= 0.6 is 22.9 Å². The van der Waals surface area contributed by atoms with Crippen LogP contribution in [0.3, 0.4) is 0 Å². The number of hydrogen-bond donors (Lipinski definition) is 0. The number of fused-ring (bicyclic) bond motifs is 1. The highest BCUT2D eigenvalue weighted by atomic mass is 35.5. The van der Waals surface area contributed by atoms with Crippen molar-refractivity contribution in [1.82, 2.24) is 9.88 Å². The van der Waals surface area contributed by atoms with E-state index in [1.165, 1.54) is 11.3 Å². The number of carbonyl (C=O) groups excluding carboxylic acids is 1. The molecule has 4 rings (SSSR count). The van der Waals surface area contributed by atoms with Crippen LogP contribution in [0.5, 0.6) is 11.5 Å². The Morgan fingerprint density at radius 2 is 1.96 bits per heavy atom. The zero-order chi connectivity index (χ0) is 19.5. The van der Waals surface area contributed by atoms with Gasteiger partial charge in [0, 0.05) is 24.5 Å². The second kappa shape index (κ2) is 8.20. The third-order valence-electron chi connectivity index (χ3n) is 4.44. The standard InChI is InChI=1S/C21H19ClN2O3S/c1-24(12-14-6-7-18-19(10-14)27-9-8-26-18)20(25)11-15-13-28-21(23-15)16-4-2-3-5-17(16)22/h2-7,10,13H,8-9,11-12H2,1H3. The average Bonchev–Trinajstić information content (AvgIpc) is 3.16. The zero-order valence-electron chi connectivity index (χ0n) is 15.4. The summed E-state index contributed by atoms with van der Waals surface area (Å²) in [5.41, 5.74) is 2.63. The van der Waals surface area contributed by atoms with E-state index in [9.17, 15) is 4.79 Å². The van der Waals surface area contributed by atoms with E-state index >= 15 is 0 Å². The van der Waals surface area contributed by atoms with E-state index < -0.39 is 0 Å². The van der Waals surface area contributed by atoms with E-state index in [0.29, 0.717) is 24.8 Å². The summed E-state index contributed by atoms with van der Waals surface area (Å²) in [7, 11) is 1.79. The van der Waals surface area contributed by atoms with E-state index in [1.54, 1.807) is 11.9 Å². The summed E-state index contributed by atoms with van der Waals surface area (Å²) in [5, 5.41) is 3.39. The van der Waals surface area contributed by atoms with Crippen molar-refractivity contribution in [3.8, 4) is 22.1 Å². The van der Waals surface area contributed by atoms with Crippen LogP contribution in [0.25, 0.3) is 10.6 Å². The van der Waals surface area contributed by atoms with Crippen molar-refractivity contribution in [3.05, 3.63) is 64.1 Å². The van der Waals surface area contributed by atoms with E-state index in [4.69, 9.17) is 21.1 Å². The molecule has 0 radical (unpaired) electrons. The van der Waals surface area contributed by atoms with E-state index in [-0.39, 0.29) is 12.3 Å². The van der Waals surface area contributed by atoms with Gasteiger partial charge in [-0.25, -0.2) is 4.98 Å². The van der Waals surface area contributed by atoms with E-state index in [2.05, 4.69) is 4.98 Å². The minimum absolute atomic E-state index is 0.00546. The number of ether oxygens (including phenoxy) is 2. The minimum Gasteiger partial charge on any atom is -0.486 e. The lowest BCUT2D eigenvalue weighted by Gasteiger charge is -2.21. The molecule has 144 valence electrons. The maximum atomic E-state index is 12.6. The fraction of sp³-hybridized carbons (Fsp3) is 0.238. The second-order valence-electron chi connectivity index (χ2n) is 6.53. The molecule has 0 atom stereocenters. The molecule has 0 saturated carbocycles. The number of halogens is 1.